The van der Waals surface area contributed by atoms with E-state index in [0.29, 0.717) is 6.04 Å². The molecule has 0 heterocycles. The fourth-order valence-electron chi connectivity index (χ4n) is 2.28. The molecular weight excluding hydrogens is 282 g/mol. The van der Waals surface area contributed by atoms with Crippen LogP contribution in [0.3, 0.4) is 0 Å². The first-order chi connectivity index (χ1) is 9.56. The van der Waals surface area contributed by atoms with Gasteiger partial charge in [0.25, 0.3) is 5.69 Å². The molecule has 0 bridgehead atoms. The molecule has 1 saturated carbocycles. The number of nitro groups is 1. The number of amides is 1. The summed E-state index contributed by atoms with van der Waals surface area (Å²) in [7, 11) is 0. The molecule has 0 spiro atoms. The lowest BCUT2D eigenvalue weighted by molar-refractivity contribution is -0.384. The summed E-state index contributed by atoms with van der Waals surface area (Å²) in [5.41, 5.74) is 0.160. The largest absolute Gasteiger partial charge is 0.323 e. The second kappa shape index (κ2) is 6.67. The average Bonchev–Trinajstić information content (AvgIpc) is 2.92. The highest BCUT2D eigenvalue weighted by Gasteiger charge is 2.16. The Morgan fingerprint density at radius 3 is 2.75 bits per heavy atom. The number of nitrogens with zero attached hydrogens (tertiary/aromatic N) is 1. The first kappa shape index (κ1) is 14.7. The van der Waals surface area contributed by atoms with Crippen molar-refractivity contribution in [3.63, 3.8) is 0 Å². The third-order valence-corrected chi connectivity index (χ3v) is 3.67. The lowest BCUT2D eigenvalue weighted by atomic mass is 10.2. The molecule has 6 nitrogen and oxygen atoms in total. The van der Waals surface area contributed by atoms with Gasteiger partial charge in [-0.15, -0.1) is 0 Å². The molecule has 0 aliphatic heterocycles. The SMILES string of the molecule is O=C(CNC1CCCC1)Nc1cc([N+](=O)[O-])ccc1Cl. The Balaban J connectivity index is 1.92. The smallest absolute Gasteiger partial charge is 0.271 e. The molecule has 2 N–H and O–H groups in total. The molecule has 1 aromatic rings. The third-order valence-electron chi connectivity index (χ3n) is 3.34. The number of carbonyl (C=O) groups excluding carboxylic acids is 1. The number of carbonyl (C=O) groups is 1. The zero-order valence-electron chi connectivity index (χ0n) is 10.9. The van der Waals surface area contributed by atoms with Crippen LogP contribution in [0.5, 0.6) is 0 Å². The highest BCUT2D eigenvalue weighted by atomic mass is 35.5. The normalized spacial score (nSPS) is 15.2. The van der Waals surface area contributed by atoms with Crippen molar-refractivity contribution in [2.24, 2.45) is 0 Å². The predicted molar refractivity (Wildman–Crippen MR) is 77.0 cm³/mol. The molecule has 0 atom stereocenters. The quantitative estimate of drug-likeness (QED) is 0.646. The van der Waals surface area contributed by atoms with E-state index in [0.717, 1.165) is 12.8 Å². The van der Waals surface area contributed by atoms with Crippen LogP contribution < -0.4 is 10.6 Å². The van der Waals surface area contributed by atoms with E-state index in [9.17, 15) is 14.9 Å². The summed E-state index contributed by atoms with van der Waals surface area (Å²) in [6.07, 6.45) is 4.56. The van der Waals surface area contributed by atoms with Gasteiger partial charge in [0.15, 0.2) is 0 Å². The zero-order valence-corrected chi connectivity index (χ0v) is 11.7. The molecule has 20 heavy (non-hydrogen) atoms. The summed E-state index contributed by atoms with van der Waals surface area (Å²) >= 11 is 5.91. The number of hydrogen-bond acceptors (Lipinski definition) is 4. The Hall–Kier alpha value is -1.66. The maximum atomic E-state index is 11.8. The maximum Gasteiger partial charge on any atom is 0.271 e. The van der Waals surface area contributed by atoms with Crippen LogP contribution in [-0.2, 0) is 4.79 Å². The third kappa shape index (κ3) is 3.91. The number of hydrogen-bond donors (Lipinski definition) is 2. The number of benzene rings is 1. The molecule has 0 unspecified atom stereocenters. The maximum absolute atomic E-state index is 11.8. The number of nitrogens with one attached hydrogen (secondary N) is 2. The van der Waals surface area contributed by atoms with Gasteiger partial charge in [-0.2, -0.15) is 0 Å². The van der Waals surface area contributed by atoms with Crippen LogP contribution >= 0.6 is 11.6 Å². The first-order valence-corrected chi connectivity index (χ1v) is 6.91. The van der Waals surface area contributed by atoms with E-state index in [1.54, 1.807) is 0 Å². The topological polar surface area (TPSA) is 84.3 Å². The van der Waals surface area contributed by atoms with Crippen molar-refractivity contribution in [1.29, 1.82) is 0 Å². The number of rotatable bonds is 5. The molecule has 7 heteroatoms. The Bertz CT molecular complexity index is 516. The Morgan fingerprint density at radius 1 is 1.40 bits per heavy atom. The summed E-state index contributed by atoms with van der Waals surface area (Å²) < 4.78 is 0. The van der Waals surface area contributed by atoms with E-state index in [1.807, 2.05) is 0 Å². The van der Waals surface area contributed by atoms with Gasteiger partial charge in [0.05, 0.1) is 22.2 Å². The summed E-state index contributed by atoms with van der Waals surface area (Å²) in [5, 5.41) is 16.7. The van der Waals surface area contributed by atoms with E-state index in [4.69, 9.17) is 11.6 Å². The highest BCUT2D eigenvalue weighted by Crippen LogP contribution is 2.26. The molecule has 108 valence electrons. The van der Waals surface area contributed by atoms with Crippen molar-refractivity contribution >= 4 is 28.9 Å². The molecule has 1 aliphatic carbocycles. The molecule has 0 aromatic heterocycles. The van der Waals surface area contributed by atoms with E-state index in [1.165, 1.54) is 31.0 Å². The summed E-state index contributed by atoms with van der Waals surface area (Å²) in [6.45, 7) is 0.184. The average molecular weight is 298 g/mol. The Morgan fingerprint density at radius 2 is 2.10 bits per heavy atom. The van der Waals surface area contributed by atoms with Crippen LogP contribution in [0, 0.1) is 10.1 Å². The fraction of sp³-hybridized carbons (Fsp3) is 0.462. The molecule has 1 aliphatic rings. The van der Waals surface area contributed by atoms with Gasteiger partial charge in [-0.1, -0.05) is 24.4 Å². The van der Waals surface area contributed by atoms with Crippen LogP contribution in [-0.4, -0.2) is 23.4 Å². The second-order valence-electron chi connectivity index (χ2n) is 4.83. The van der Waals surface area contributed by atoms with Gasteiger partial charge in [-0.25, -0.2) is 0 Å². The van der Waals surface area contributed by atoms with Crippen molar-refractivity contribution in [3.8, 4) is 0 Å². The highest BCUT2D eigenvalue weighted by molar-refractivity contribution is 6.33. The van der Waals surface area contributed by atoms with E-state index in [2.05, 4.69) is 10.6 Å². The predicted octanol–water partition coefficient (Wildman–Crippen LogP) is 2.72. The molecule has 1 amide bonds. The van der Waals surface area contributed by atoms with E-state index in [-0.39, 0.29) is 28.8 Å². The van der Waals surface area contributed by atoms with E-state index < -0.39 is 4.92 Å². The monoisotopic (exact) mass is 297 g/mol. The van der Waals surface area contributed by atoms with Crippen molar-refractivity contribution in [1.82, 2.24) is 5.32 Å². The van der Waals surface area contributed by atoms with E-state index >= 15 is 0 Å². The lowest BCUT2D eigenvalue weighted by Gasteiger charge is -2.12. The van der Waals surface area contributed by atoms with Gasteiger partial charge in [0.1, 0.15) is 0 Å². The standard InChI is InChI=1S/C13H16ClN3O3/c14-11-6-5-10(17(19)20)7-12(11)16-13(18)8-15-9-3-1-2-4-9/h5-7,9,15H,1-4,8H2,(H,16,18). The first-order valence-electron chi connectivity index (χ1n) is 6.53. The zero-order chi connectivity index (χ0) is 14.5. The van der Waals surface area contributed by atoms with Gasteiger partial charge in [0, 0.05) is 18.2 Å². The minimum absolute atomic E-state index is 0.103. The molecule has 1 aromatic carbocycles. The van der Waals surface area contributed by atoms with Crippen LogP contribution in [0.4, 0.5) is 11.4 Å². The number of nitro benzene ring substituents is 1. The fourth-order valence-corrected chi connectivity index (χ4v) is 2.45. The van der Waals surface area contributed by atoms with Crippen molar-refractivity contribution in [3.05, 3.63) is 33.3 Å². The Kier molecular flexibility index (Phi) is 4.92. The Labute approximate surface area is 121 Å². The van der Waals surface area contributed by atoms with Gasteiger partial charge in [-0.3, -0.25) is 14.9 Å². The number of non-ortho nitro benzene ring substituents is 1. The van der Waals surface area contributed by atoms with Crippen LogP contribution in [0.15, 0.2) is 18.2 Å². The van der Waals surface area contributed by atoms with Crippen molar-refractivity contribution in [2.45, 2.75) is 31.7 Å². The number of anilines is 1. The minimum atomic E-state index is -0.525. The molecule has 0 saturated heterocycles. The van der Waals surface area contributed by atoms with Crippen molar-refractivity contribution in [2.75, 3.05) is 11.9 Å². The molecule has 2 rings (SSSR count). The molecule has 0 radical (unpaired) electrons. The van der Waals surface area contributed by atoms with Gasteiger partial charge < -0.3 is 10.6 Å². The molecular formula is C13H16ClN3O3. The summed E-state index contributed by atoms with van der Waals surface area (Å²) in [5.74, 6) is -0.251. The van der Waals surface area contributed by atoms with Crippen molar-refractivity contribution < 1.29 is 9.72 Å². The molecule has 1 fully saturated rings. The van der Waals surface area contributed by atoms with Crippen LogP contribution in [0.1, 0.15) is 25.7 Å². The van der Waals surface area contributed by atoms with Gasteiger partial charge in [-0.05, 0) is 18.9 Å². The summed E-state index contributed by atoms with van der Waals surface area (Å²) in [4.78, 5) is 22.0. The summed E-state index contributed by atoms with van der Waals surface area (Å²) in [6, 6.07) is 4.35. The second-order valence-corrected chi connectivity index (χ2v) is 5.24. The van der Waals surface area contributed by atoms with Crippen LogP contribution in [0.25, 0.3) is 0 Å². The van der Waals surface area contributed by atoms with Gasteiger partial charge in [0.2, 0.25) is 5.91 Å². The van der Waals surface area contributed by atoms with Gasteiger partial charge >= 0.3 is 0 Å². The number of halogens is 1. The van der Waals surface area contributed by atoms with Crippen LogP contribution in [0.2, 0.25) is 5.02 Å². The minimum Gasteiger partial charge on any atom is -0.323 e. The lowest BCUT2D eigenvalue weighted by Crippen LogP contribution is -2.34.